The maximum Gasteiger partial charge on any atom is 0.334 e. The Morgan fingerprint density at radius 3 is 2.00 bits per heavy atom. The van der Waals surface area contributed by atoms with E-state index in [1.54, 1.807) is 0 Å². The summed E-state index contributed by atoms with van der Waals surface area (Å²) in [4.78, 5) is 46.6. The Morgan fingerprint density at radius 2 is 1.48 bits per heavy atom. The van der Waals surface area contributed by atoms with E-state index in [0.29, 0.717) is 12.2 Å². The maximum atomic E-state index is 11.9. The molecule has 0 aliphatic heterocycles. The molecule has 0 aromatic heterocycles. The summed E-state index contributed by atoms with van der Waals surface area (Å²) >= 11 is 1.52. The van der Waals surface area contributed by atoms with Crippen molar-refractivity contribution >= 4 is 35.6 Å². The predicted octanol–water partition coefficient (Wildman–Crippen LogP) is -2.39. The molecule has 0 radical (unpaired) electrons. The van der Waals surface area contributed by atoms with E-state index in [1.807, 2.05) is 6.26 Å². The predicted molar refractivity (Wildman–Crippen MR) is 98.2 cm³/mol. The summed E-state index contributed by atoms with van der Waals surface area (Å²) in [5.41, 5.74) is 22.0. The van der Waals surface area contributed by atoms with Gasteiger partial charge in [-0.3, -0.25) is 9.59 Å². The smallest absolute Gasteiger partial charge is 0.334 e. The maximum absolute atomic E-state index is 11.9. The Kier molecular flexibility index (Phi) is 11.8. The van der Waals surface area contributed by atoms with E-state index in [9.17, 15) is 19.2 Å². The van der Waals surface area contributed by atoms with Gasteiger partial charge in [-0.25, -0.2) is 9.59 Å². The van der Waals surface area contributed by atoms with Crippen LogP contribution in [0.1, 0.15) is 20.3 Å². The molecule has 0 aliphatic carbocycles. The second kappa shape index (κ2) is 12.6. The summed E-state index contributed by atoms with van der Waals surface area (Å²) in [6.45, 7) is 2.24. The first-order valence-corrected chi connectivity index (χ1v) is 9.54. The van der Waals surface area contributed by atoms with Crippen molar-refractivity contribution in [2.24, 2.45) is 22.9 Å². The van der Waals surface area contributed by atoms with E-state index in [1.165, 1.54) is 25.6 Å². The van der Waals surface area contributed by atoms with Crippen LogP contribution in [0.4, 0.5) is 0 Å². The highest BCUT2D eigenvalue weighted by Crippen LogP contribution is 2.05. The van der Waals surface area contributed by atoms with Crippen molar-refractivity contribution < 1.29 is 33.4 Å². The third kappa shape index (κ3) is 9.68. The average molecular weight is 408 g/mol. The number of thioether (sulfide) groups is 1. The van der Waals surface area contributed by atoms with Gasteiger partial charge in [0.2, 0.25) is 0 Å². The SMILES string of the molecule is CSCC[C@H](N)C(=O)O[C@H](C)[C@H](N)C(=O)OC(=O)[C@@H](N)COC(=O)[C@H](C)N. The monoisotopic (exact) mass is 408 g/mol. The number of carbonyl (C=O) groups excluding carboxylic acids is 4. The third-order valence-corrected chi connectivity index (χ3v) is 3.94. The van der Waals surface area contributed by atoms with Crippen LogP contribution in [0.25, 0.3) is 0 Å². The molecule has 0 amide bonds. The number of ether oxygens (including phenoxy) is 3. The normalized spacial score (nSPS) is 16.4. The molecule has 11 nitrogen and oxygen atoms in total. The van der Waals surface area contributed by atoms with Gasteiger partial charge in [-0.05, 0) is 32.3 Å². The van der Waals surface area contributed by atoms with E-state index < -0.39 is 60.8 Å². The molecule has 0 spiro atoms. The molecule has 8 N–H and O–H groups in total. The molecular weight excluding hydrogens is 380 g/mol. The topological polar surface area (TPSA) is 200 Å². The average Bonchev–Trinajstić information content (AvgIpc) is 2.62. The van der Waals surface area contributed by atoms with Gasteiger partial charge in [0.05, 0.1) is 0 Å². The Morgan fingerprint density at radius 1 is 0.889 bits per heavy atom. The molecule has 0 fully saturated rings. The fourth-order valence-electron chi connectivity index (χ4n) is 1.51. The fraction of sp³-hybridized carbons (Fsp3) is 0.733. The lowest BCUT2D eigenvalue weighted by Crippen LogP contribution is -2.48. The van der Waals surface area contributed by atoms with Crippen LogP contribution in [0, 0.1) is 0 Å². The van der Waals surface area contributed by atoms with Gasteiger partial charge in [-0.15, -0.1) is 0 Å². The van der Waals surface area contributed by atoms with Crippen molar-refractivity contribution in [3.63, 3.8) is 0 Å². The first-order valence-electron chi connectivity index (χ1n) is 8.15. The zero-order valence-corrected chi connectivity index (χ0v) is 16.4. The lowest BCUT2D eigenvalue weighted by atomic mass is 10.2. The van der Waals surface area contributed by atoms with Crippen LogP contribution >= 0.6 is 11.8 Å². The van der Waals surface area contributed by atoms with Crippen LogP contribution in [-0.4, -0.2) is 72.8 Å². The van der Waals surface area contributed by atoms with Gasteiger partial charge in [-0.1, -0.05) is 0 Å². The largest absolute Gasteiger partial charge is 0.462 e. The zero-order valence-electron chi connectivity index (χ0n) is 15.6. The van der Waals surface area contributed by atoms with Crippen LogP contribution in [0.15, 0.2) is 0 Å². The molecule has 0 saturated carbocycles. The molecule has 0 heterocycles. The van der Waals surface area contributed by atoms with Crippen LogP contribution < -0.4 is 22.9 Å². The van der Waals surface area contributed by atoms with Gasteiger partial charge in [0, 0.05) is 0 Å². The highest BCUT2D eigenvalue weighted by molar-refractivity contribution is 7.98. The highest BCUT2D eigenvalue weighted by Gasteiger charge is 2.30. The van der Waals surface area contributed by atoms with Crippen LogP contribution in [0.2, 0.25) is 0 Å². The van der Waals surface area contributed by atoms with Crippen molar-refractivity contribution in [2.75, 3.05) is 18.6 Å². The molecule has 0 aromatic carbocycles. The summed E-state index contributed by atoms with van der Waals surface area (Å²) in [6, 6.07) is -4.56. The summed E-state index contributed by atoms with van der Waals surface area (Å²) < 4.78 is 14.2. The molecule has 0 aliphatic rings. The molecule has 0 bridgehead atoms. The van der Waals surface area contributed by atoms with Crippen molar-refractivity contribution in [1.82, 2.24) is 0 Å². The minimum absolute atomic E-state index is 0.403. The van der Waals surface area contributed by atoms with Crippen molar-refractivity contribution in [3.8, 4) is 0 Å². The highest BCUT2D eigenvalue weighted by atomic mass is 32.2. The third-order valence-electron chi connectivity index (χ3n) is 3.30. The summed E-state index contributed by atoms with van der Waals surface area (Å²) in [5, 5.41) is 0. The summed E-state index contributed by atoms with van der Waals surface area (Å²) in [5.74, 6) is -3.11. The lowest BCUT2D eigenvalue weighted by Gasteiger charge is -2.21. The second-order valence-corrected chi connectivity index (χ2v) is 6.81. The molecule has 5 atom stereocenters. The summed E-state index contributed by atoms with van der Waals surface area (Å²) in [7, 11) is 0. The van der Waals surface area contributed by atoms with Crippen molar-refractivity contribution in [3.05, 3.63) is 0 Å². The molecule has 0 aromatic rings. The number of esters is 4. The number of hydrogen-bond donors (Lipinski definition) is 4. The van der Waals surface area contributed by atoms with Gasteiger partial charge < -0.3 is 37.1 Å². The number of nitrogens with two attached hydrogens (primary N) is 4. The molecular formula is C15H28N4O7S. The minimum atomic E-state index is -1.43. The molecule has 27 heavy (non-hydrogen) atoms. The van der Waals surface area contributed by atoms with E-state index in [0.717, 1.165) is 0 Å². The molecule has 0 rings (SSSR count). The summed E-state index contributed by atoms with van der Waals surface area (Å²) in [6.07, 6.45) is 1.19. The first-order chi connectivity index (χ1) is 12.5. The molecule has 0 saturated heterocycles. The molecule has 12 heteroatoms. The Hall–Kier alpha value is -1.73. The Labute approximate surface area is 161 Å². The lowest BCUT2D eigenvalue weighted by molar-refractivity contribution is -0.166. The van der Waals surface area contributed by atoms with Crippen LogP contribution in [0.5, 0.6) is 0 Å². The molecule has 156 valence electrons. The second-order valence-electron chi connectivity index (χ2n) is 5.82. The van der Waals surface area contributed by atoms with Gasteiger partial charge in [-0.2, -0.15) is 11.8 Å². The Balaban J connectivity index is 4.47. The van der Waals surface area contributed by atoms with Gasteiger partial charge >= 0.3 is 23.9 Å². The number of rotatable bonds is 11. The standard InChI is InChI=1S/C15H28N4O7S/c1-7(16)12(20)24-6-10(18)14(22)26-15(23)11(19)8(2)25-13(21)9(17)4-5-27-3/h7-11H,4-6,16-19H2,1-3H3/t7-,8+,9-,10-,11-/m0/s1. The van der Waals surface area contributed by atoms with E-state index >= 15 is 0 Å². The zero-order chi connectivity index (χ0) is 21.1. The van der Waals surface area contributed by atoms with E-state index in [-0.39, 0.29) is 0 Å². The first kappa shape index (κ1) is 25.3. The van der Waals surface area contributed by atoms with Crippen molar-refractivity contribution in [1.29, 1.82) is 0 Å². The van der Waals surface area contributed by atoms with Gasteiger partial charge in [0.1, 0.15) is 36.9 Å². The van der Waals surface area contributed by atoms with E-state index in [4.69, 9.17) is 27.7 Å². The quantitative estimate of drug-likeness (QED) is 0.161. The Bertz CT molecular complexity index is 532. The fourth-order valence-corrected chi connectivity index (χ4v) is 2.00. The van der Waals surface area contributed by atoms with Gasteiger partial charge in [0.25, 0.3) is 0 Å². The van der Waals surface area contributed by atoms with Crippen LogP contribution in [-0.2, 0) is 33.4 Å². The van der Waals surface area contributed by atoms with Gasteiger partial charge in [0.15, 0.2) is 0 Å². The van der Waals surface area contributed by atoms with Crippen molar-refractivity contribution in [2.45, 2.75) is 50.5 Å². The minimum Gasteiger partial charge on any atom is -0.462 e. The molecule has 0 unspecified atom stereocenters. The number of hydrogen-bond acceptors (Lipinski definition) is 12. The van der Waals surface area contributed by atoms with Crippen LogP contribution in [0.3, 0.4) is 0 Å². The number of carbonyl (C=O) groups is 4. The van der Waals surface area contributed by atoms with E-state index in [2.05, 4.69) is 9.47 Å².